The molecule has 3 rings (SSSR count). The molecule has 0 aliphatic rings. The van der Waals surface area contributed by atoms with Gasteiger partial charge in [-0.2, -0.15) is 0 Å². The average molecular weight is 395 g/mol. The van der Waals surface area contributed by atoms with Crippen molar-refractivity contribution in [1.29, 1.82) is 0 Å². The van der Waals surface area contributed by atoms with E-state index in [1.165, 1.54) is 12.1 Å². The quantitative estimate of drug-likeness (QED) is 0.605. The van der Waals surface area contributed by atoms with Gasteiger partial charge in [0.1, 0.15) is 11.5 Å². The Morgan fingerprint density at radius 2 is 1.54 bits per heavy atom. The van der Waals surface area contributed by atoms with Crippen molar-refractivity contribution < 1.29 is 14.0 Å². The molecule has 0 atom stereocenters. The van der Waals surface area contributed by atoms with E-state index >= 15 is 0 Å². The Balaban J connectivity index is 1.87. The average Bonchev–Trinajstić information content (AvgIpc) is 2.71. The maximum atomic E-state index is 13.3. The van der Waals surface area contributed by atoms with E-state index in [0.29, 0.717) is 11.3 Å². The largest absolute Gasteiger partial charge is 0.321 e. The van der Waals surface area contributed by atoms with Crippen molar-refractivity contribution in [2.75, 3.05) is 5.32 Å². The van der Waals surface area contributed by atoms with Crippen LogP contribution in [0.3, 0.4) is 0 Å². The number of carbonyl (C=O) groups excluding carboxylic acids is 2. The van der Waals surface area contributed by atoms with E-state index in [9.17, 15) is 14.0 Å². The van der Waals surface area contributed by atoms with Gasteiger partial charge in [-0.1, -0.05) is 60.1 Å². The van der Waals surface area contributed by atoms with Crippen molar-refractivity contribution in [1.82, 2.24) is 5.32 Å². The van der Waals surface area contributed by atoms with E-state index < -0.39 is 17.6 Å². The predicted octanol–water partition coefficient (Wildman–Crippen LogP) is 4.89. The maximum Gasteiger partial charge on any atom is 0.272 e. The van der Waals surface area contributed by atoms with Gasteiger partial charge in [0.2, 0.25) is 0 Å². The summed E-state index contributed by atoms with van der Waals surface area (Å²) in [5, 5.41) is 5.13. The molecule has 140 valence electrons. The highest BCUT2D eigenvalue weighted by molar-refractivity contribution is 6.31. The van der Waals surface area contributed by atoms with Gasteiger partial charge in [0.25, 0.3) is 11.8 Å². The molecule has 0 saturated carbocycles. The molecule has 0 radical (unpaired) electrons. The zero-order valence-corrected chi connectivity index (χ0v) is 15.4. The Morgan fingerprint density at radius 3 is 2.18 bits per heavy atom. The van der Waals surface area contributed by atoms with Crippen molar-refractivity contribution >= 4 is 35.2 Å². The summed E-state index contributed by atoms with van der Waals surface area (Å²) < 4.78 is 13.3. The van der Waals surface area contributed by atoms with Crippen LogP contribution in [0.15, 0.2) is 84.6 Å². The molecule has 0 unspecified atom stereocenters. The summed E-state index contributed by atoms with van der Waals surface area (Å²) in [6.07, 6.45) is 1.56. The van der Waals surface area contributed by atoms with Crippen molar-refractivity contribution in [2.24, 2.45) is 0 Å². The second kappa shape index (κ2) is 8.97. The molecule has 0 bridgehead atoms. The Morgan fingerprint density at radius 1 is 0.893 bits per heavy atom. The SMILES string of the molecule is O=C(Nc1ccc(F)c(Cl)c1)C(=Cc1ccccc1)NC(=O)c1ccccc1. The fourth-order valence-corrected chi connectivity index (χ4v) is 2.61. The number of carbonyl (C=O) groups is 2. The van der Waals surface area contributed by atoms with Gasteiger partial charge in [-0.15, -0.1) is 0 Å². The summed E-state index contributed by atoms with van der Waals surface area (Å²) in [6, 6.07) is 21.5. The normalized spacial score (nSPS) is 11.0. The van der Waals surface area contributed by atoms with E-state index in [-0.39, 0.29) is 10.7 Å². The molecule has 4 nitrogen and oxygen atoms in total. The maximum absolute atomic E-state index is 13.3. The molecular formula is C22H16ClFN2O2. The summed E-state index contributed by atoms with van der Waals surface area (Å²) in [6.45, 7) is 0. The number of nitrogens with one attached hydrogen (secondary N) is 2. The molecule has 0 fully saturated rings. The van der Waals surface area contributed by atoms with Gasteiger partial charge in [0.05, 0.1) is 5.02 Å². The van der Waals surface area contributed by atoms with E-state index in [4.69, 9.17) is 11.6 Å². The van der Waals surface area contributed by atoms with Crippen LogP contribution in [-0.4, -0.2) is 11.8 Å². The van der Waals surface area contributed by atoms with Crippen LogP contribution in [0.4, 0.5) is 10.1 Å². The summed E-state index contributed by atoms with van der Waals surface area (Å²) >= 11 is 5.76. The lowest BCUT2D eigenvalue weighted by Gasteiger charge is -2.12. The molecule has 2 amide bonds. The molecule has 3 aromatic carbocycles. The lowest BCUT2D eigenvalue weighted by Crippen LogP contribution is -2.30. The van der Waals surface area contributed by atoms with Gasteiger partial charge in [0.15, 0.2) is 0 Å². The Kier molecular flexibility index (Phi) is 6.19. The first-order chi connectivity index (χ1) is 13.5. The van der Waals surface area contributed by atoms with Crippen molar-refractivity contribution in [3.8, 4) is 0 Å². The smallest absolute Gasteiger partial charge is 0.272 e. The van der Waals surface area contributed by atoms with E-state index in [1.54, 1.807) is 48.5 Å². The molecule has 0 saturated heterocycles. The monoisotopic (exact) mass is 394 g/mol. The second-order valence-corrected chi connectivity index (χ2v) is 6.28. The standard InChI is InChI=1S/C22H16ClFN2O2/c23-18-14-17(11-12-19(18)24)25-22(28)20(13-15-7-3-1-4-8-15)26-21(27)16-9-5-2-6-10-16/h1-14H,(H,25,28)(H,26,27). The summed E-state index contributed by atoms with van der Waals surface area (Å²) in [5.74, 6) is -1.57. The zero-order valence-electron chi connectivity index (χ0n) is 14.7. The summed E-state index contributed by atoms with van der Waals surface area (Å²) in [5.41, 5.74) is 1.50. The first-order valence-electron chi connectivity index (χ1n) is 8.42. The summed E-state index contributed by atoms with van der Waals surface area (Å²) in [7, 11) is 0. The van der Waals surface area contributed by atoms with Crippen LogP contribution in [-0.2, 0) is 4.79 Å². The first-order valence-corrected chi connectivity index (χ1v) is 8.80. The van der Waals surface area contributed by atoms with Gasteiger partial charge >= 0.3 is 0 Å². The Labute approximate surface area is 166 Å². The molecule has 0 heterocycles. The Hall–Kier alpha value is -3.44. The molecule has 0 aliphatic carbocycles. The van der Waals surface area contributed by atoms with Crippen LogP contribution >= 0.6 is 11.6 Å². The minimum absolute atomic E-state index is 0.0421. The molecule has 0 spiro atoms. The fourth-order valence-electron chi connectivity index (χ4n) is 2.43. The van der Waals surface area contributed by atoms with Crippen LogP contribution < -0.4 is 10.6 Å². The number of hydrogen-bond donors (Lipinski definition) is 2. The third-order valence-electron chi connectivity index (χ3n) is 3.82. The van der Waals surface area contributed by atoms with Crippen molar-refractivity contribution in [3.63, 3.8) is 0 Å². The number of rotatable bonds is 5. The molecule has 2 N–H and O–H groups in total. The molecule has 28 heavy (non-hydrogen) atoms. The minimum atomic E-state index is -0.586. The molecular weight excluding hydrogens is 379 g/mol. The Bertz CT molecular complexity index is 1020. The highest BCUT2D eigenvalue weighted by Crippen LogP contribution is 2.20. The van der Waals surface area contributed by atoms with Gasteiger partial charge < -0.3 is 10.6 Å². The predicted molar refractivity (Wildman–Crippen MR) is 108 cm³/mol. The number of anilines is 1. The zero-order chi connectivity index (χ0) is 19.9. The van der Waals surface area contributed by atoms with E-state index in [2.05, 4.69) is 10.6 Å². The third kappa shape index (κ3) is 5.05. The van der Waals surface area contributed by atoms with Crippen LogP contribution in [0.1, 0.15) is 15.9 Å². The highest BCUT2D eigenvalue weighted by Gasteiger charge is 2.15. The third-order valence-corrected chi connectivity index (χ3v) is 4.11. The topological polar surface area (TPSA) is 58.2 Å². The van der Waals surface area contributed by atoms with E-state index in [1.807, 2.05) is 18.2 Å². The second-order valence-electron chi connectivity index (χ2n) is 5.87. The van der Waals surface area contributed by atoms with Gasteiger partial charge in [0, 0.05) is 11.3 Å². The number of hydrogen-bond acceptors (Lipinski definition) is 2. The van der Waals surface area contributed by atoms with Crippen LogP contribution in [0.2, 0.25) is 5.02 Å². The molecule has 0 aromatic heterocycles. The van der Waals surface area contributed by atoms with Gasteiger partial charge in [-0.25, -0.2) is 4.39 Å². The van der Waals surface area contributed by atoms with Gasteiger partial charge in [-0.05, 0) is 42.0 Å². The highest BCUT2D eigenvalue weighted by atomic mass is 35.5. The molecule has 3 aromatic rings. The first kappa shape index (κ1) is 19.3. The lowest BCUT2D eigenvalue weighted by molar-refractivity contribution is -0.113. The number of benzene rings is 3. The van der Waals surface area contributed by atoms with E-state index in [0.717, 1.165) is 11.6 Å². The molecule has 0 aliphatic heterocycles. The van der Waals surface area contributed by atoms with Crippen molar-refractivity contribution in [3.05, 3.63) is 107 Å². The van der Waals surface area contributed by atoms with Crippen LogP contribution in [0.5, 0.6) is 0 Å². The van der Waals surface area contributed by atoms with Crippen LogP contribution in [0.25, 0.3) is 6.08 Å². The lowest BCUT2D eigenvalue weighted by atomic mass is 10.1. The van der Waals surface area contributed by atoms with Crippen LogP contribution in [0, 0.1) is 5.82 Å². The molecule has 6 heteroatoms. The number of amides is 2. The summed E-state index contributed by atoms with van der Waals surface area (Å²) in [4.78, 5) is 25.2. The van der Waals surface area contributed by atoms with Gasteiger partial charge in [-0.3, -0.25) is 9.59 Å². The fraction of sp³-hybridized carbons (Fsp3) is 0. The minimum Gasteiger partial charge on any atom is -0.321 e. The van der Waals surface area contributed by atoms with Crippen molar-refractivity contribution in [2.45, 2.75) is 0 Å². The number of halogens is 2.